The van der Waals surface area contributed by atoms with Crippen molar-refractivity contribution in [3.63, 3.8) is 0 Å². The van der Waals surface area contributed by atoms with Crippen molar-refractivity contribution in [2.24, 2.45) is 0 Å². The molecule has 2 fully saturated rings. The second kappa shape index (κ2) is 6.64. The van der Waals surface area contributed by atoms with Gasteiger partial charge in [0.05, 0.1) is 18.3 Å². The number of hydrogen-bond donors (Lipinski definition) is 1. The van der Waals surface area contributed by atoms with Crippen LogP contribution in [0.4, 0.5) is 0 Å². The molecule has 138 valence electrons. The van der Waals surface area contributed by atoms with Gasteiger partial charge in [0, 0.05) is 12.8 Å². The summed E-state index contributed by atoms with van der Waals surface area (Å²) in [7, 11) is 0. The van der Waals surface area contributed by atoms with E-state index in [1.807, 2.05) is 36.4 Å². The van der Waals surface area contributed by atoms with Crippen molar-refractivity contribution < 1.29 is 19.3 Å². The molecule has 3 aromatic rings. The molecule has 2 heterocycles. The molecular weight excluding hydrogens is 340 g/mol. The maximum Gasteiger partial charge on any atom is 0.161 e. The summed E-state index contributed by atoms with van der Waals surface area (Å²) < 4.78 is 17.2. The predicted molar refractivity (Wildman–Crippen MR) is 102 cm³/mol. The number of ether oxygens (including phenoxy) is 3. The smallest absolute Gasteiger partial charge is 0.161 e. The highest BCUT2D eigenvalue weighted by Crippen LogP contribution is 2.41. The summed E-state index contributed by atoms with van der Waals surface area (Å²) in [6.07, 6.45) is 0.668. The summed E-state index contributed by atoms with van der Waals surface area (Å²) in [5.74, 6) is 0.758. The molecule has 5 rings (SSSR count). The van der Waals surface area contributed by atoms with Crippen LogP contribution in [0.5, 0.6) is 5.75 Å². The molecule has 3 aromatic carbocycles. The zero-order chi connectivity index (χ0) is 18.3. The molecule has 0 unspecified atom stereocenters. The van der Waals surface area contributed by atoms with Crippen LogP contribution in [-0.2, 0) is 21.7 Å². The first-order valence-electron chi connectivity index (χ1n) is 9.38. The Bertz CT molecular complexity index is 955. The van der Waals surface area contributed by atoms with E-state index in [1.165, 1.54) is 10.8 Å². The van der Waals surface area contributed by atoms with Gasteiger partial charge in [-0.25, -0.2) is 0 Å². The fourth-order valence-corrected chi connectivity index (χ4v) is 4.06. The van der Waals surface area contributed by atoms with Crippen molar-refractivity contribution in [3.05, 3.63) is 77.9 Å². The van der Waals surface area contributed by atoms with Crippen LogP contribution < -0.4 is 4.74 Å². The summed E-state index contributed by atoms with van der Waals surface area (Å²) >= 11 is 0. The zero-order valence-electron chi connectivity index (χ0n) is 15.0. The van der Waals surface area contributed by atoms with E-state index >= 15 is 0 Å². The van der Waals surface area contributed by atoms with Crippen LogP contribution in [-0.4, -0.2) is 24.1 Å². The molecule has 0 saturated carbocycles. The third-order valence-electron chi connectivity index (χ3n) is 5.47. The lowest BCUT2D eigenvalue weighted by Gasteiger charge is -2.35. The Kier molecular flexibility index (Phi) is 4.12. The lowest BCUT2D eigenvalue weighted by Crippen LogP contribution is -2.39. The number of fused-ring (bicyclic) bond motifs is 3. The third-order valence-corrected chi connectivity index (χ3v) is 5.47. The fraction of sp³-hybridized carbons (Fsp3) is 0.304. The van der Waals surface area contributed by atoms with Gasteiger partial charge in [0.15, 0.2) is 6.29 Å². The van der Waals surface area contributed by atoms with E-state index in [0.29, 0.717) is 26.1 Å². The molecule has 4 heteroatoms. The van der Waals surface area contributed by atoms with Gasteiger partial charge in [-0.05, 0) is 40.1 Å². The van der Waals surface area contributed by atoms with E-state index in [1.54, 1.807) is 0 Å². The van der Waals surface area contributed by atoms with Crippen LogP contribution in [0.3, 0.4) is 0 Å². The van der Waals surface area contributed by atoms with Gasteiger partial charge in [0.25, 0.3) is 0 Å². The first-order chi connectivity index (χ1) is 13.2. The molecule has 2 bridgehead atoms. The van der Waals surface area contributed by atoms with Crippen molar-refractivity contribution in [1.29, 1.82) is 0 Å². The highest BCUT2D eigenvalue weighted by atomic mass is 16.7. The fourth-order valence-electron chi connectivity index (χ4n) is 4.06. The Hall–Kier alpha value is -2.40. The van der Waals surface area contributed by atoms with Crippen molar-refractivity contribution in [1.82, 2.24) is 0 Å². The third kappa shape index (κ3) is 3.32. The van der Waals surface area contributed by atoms with Gasteiger partial charge < -0.3 is 19.3 Å². The first-order valence-corrected chi connectivity index (χ1v) is 9.38. The molecule has 0 aliphatic carbocycles. The van der Waals surface area contributed by atoms with Crippen molar-refractivity contribution >= 4 is 10.8 Å². The van der Waals surface area contributed by atoms with E-state index < -0.39 is 5.60 Å². The minimum atomic E-state index is -0.924. The summed E-state index contributed by atoms with van der Waals surface area (Å²) in [6, 6.07) is 22.4. The Morgan fingerprint density at radius 1 is 0.963 bits per heavy atom. The number of aliphatic hydroxyl groups is 1. The van der Waals surface area contributed by atoms with Crippen LogP contribution in [0.15, 0.2) is 66.7 Å². The molecule has 1 N–H and O–H groups in total. The minimum absolute atomic E-state index is 0.0316. The van der Waals surface area contributed by atoms with Crippen molar-refractivity contribution in [3.8, 4) is 5.75 Å². The lowest BCUT2D eigenvalue weighted by molar-refractivity contribution is -0.159. The van der Waals surface area contributed by atoms with E-state index in [-0.39, 0.29) is 12.4 Å². The topological polar surface area (TPSA) is 47.9 Å². The highest BCUT2D eigenvalue weighted by Gasteiger charge is 2.45. The zero-order valence-corrected chi connectivity index (χ0v) is 15.0. The summed E-state index contributed by atoms with van der Waals surface area (Å²) in [6.45, 7) is 1.05. The Balaban J connectivity index is 1.33. The second-order valence-electron chi connectivity index (χ2n) is 7.46. The van der Waals surface area contributed by atoms with Crippen molar-refractivity contribution in [2.75, 3.05) is 6.61 Å². The average Bonchev–Trinajstić information content (AvgIpc) is 3.05. The van der Waals surface area contributed by atoms with Gasteiger partial charge in [-0.15, -0.1) is 0 Å². The van der Waals surface area contributed by atoms with Gasteiger partial charge >= 0.3 is 0 Å². The monoisotopic (exact) mass is 362 g/mol. The lowest BCUT2D eigenvalue weighted by atomic mass is 9.84. The van der Waals surface area contributed by atoms with Gasteiger partial charge in [0.1, 0.15) is 12.4 Å². The summed E-state index contributed by atoms with van der Waals surface area (Å²) in [4.78, 5) is 0. The molecule has 3 atom stereocenters. The Morgan fingerprint density at radius 2 is 1.85 bits per heavy atom. The molecule has 4 nitrogen and oxygen atoms in total. The Labute approximate surface area is 158 Å². The van der Waals surface area contributed by atoms with Crippen molar-refractivity contribution in [2.45, 2.75) is 37.4 Å². The molecule has 0 aromatic heterocycles. The summed E-state index contributed by atoms with van der Waals surface area (Å²) in [5, 5.41) is 13.6. The average molecular weight is 362 g/mol. The van der Waals surface area contributed by atoms with E-state index in [9.17, 15) is 5.11 Å². The van der Waals surface area contributed by atoms with Crippen LogP contribution in [0, 0.1) is 0 Å². The normalized spacial score (nSPS) is 27.0. The molecule has 2 aliphatic rings. The molecule has 27 heavy (non-hydrogen) atoms. The van der Waals surface area contributed by atoms with Crippen LogP contribution in [0.1, 0.15) is 24.0 Å². The SMILES string of the molecule is O[C@@]1(c2cccc(OCc3ccc4ccccc4c3)c2)C[C@H]2CO[C@@H](C1)O2. The maximum atomic E-state index is 11.1. The van der Waals surface area contributed by atoms with E-state index in [2.05, 4.69) is 30.3 Å². The Morgan fingerprint density at radius 3 is 2.74 bits per heavy atom. The molecular formula is C23H22O4. The molecule has 0 amide bonds. The predicted octanol–water partition coefficient (Wildman–Crippen LogP) is 4.14. The largest absolute Gasteiger partial charge is 0.489 e. The first kappa shape index (κ1) is 16.8. The van der Waals surface area contributed by atoms with E-state index in [4.69, 9.17) is 14.2 Å². The minimum Gasteiger partial charge on any atom is -0.489 e. The quantitative estimate of drug-likeness (QED) is 0.758. The number of hydrogen-bond acceptors (Lipinski definition) is 4. The maximum absolute atomic E-state index is 11.1. The highest BCUT2D eigenvalue weighted by molar-refractivity contribution is 5.82. The van der Waals surface area contributed by atoms with Gasteiger partial charge in [-0.3, -0.25) is 0 Å². The number of benzene rings is 3. The molecule has 2 saturated heterocycles. The van der Waals surface area contributed by atoms with E-state index in [0.717, 1.165) is 16.9 Å². The van der Waals surface area contributed by atoms with Crippen LogP contribution in [0.2, 0.25) is 0 Å². The molecule has 0 spiro atoms. The summed E-state index contributed by atoms with van der Waals surface area (Å²) in [5.41, 5.74) is 1.06. The van der Waals surface area contributed by atoms with Crippen LogP contribution >= 0.6 is 0 Å². The number of rotatable bonds is 4. The van der Waals surface area contributed by atoms with Crippen LogP contribution in [0.25, 0.3) is 10.8 Å². The second-order valence-corrected chi connectivity index (χ2v) is 7.46. The van der Waals surface area contributed by atoms with Gasteiger partial charge in [-0.2, -0.15) is 0 Å². The molecule has 0 radical (unpaired) electrons. The van der Waals surface area contributed by atoms with Gasteiger partial charge in [-0.1, -0.05) is 48.5 Å². The van der Waals surface area contributed by atoms with Gasteiger partial charge in [0.2, 0.25) is 0 Å². The molecule has 2 aliphatic heterocycles. The standard InChI is InChI=1S/C23H22O4/c24-23(12-21-15-26-22(13-23)27-21)19-6-3-7-20(11-19)25-14-16-8-9-17-4-1-2-5-18(17)10-16/h1-11,21-22,24H,12-15H2/t21-,22+,23-/m0/s1.